The summed E-state index contributed by atoms with van der Waals surface area (Å²) in [5.74, 6) is 0.197. The zero-order chi connectivity index (χ0) is 16.1. The summed E-state index contributed by atoms with van der Waals surface area (Å²) in [6.45, 7) is 6.61. The second kappa shape index (κ2) is 12.2. The lowest BCUT2D eigenvalue weighted by Gasteiger charge is -2.11. The normalized spacial score (nSPS) is 13.3. The highest BCUT2D eigenvalue weighted by atomic mass is 19.1. The summed E-state index contributed by atoms with van der Waals surface area (Å²) in [6, 6.07) is 0. The first kappa shape index (κ1) is 19.4. The van der Waals surface area contributed by atoms with E-state index in [1.807, 2.05) is 0 Å². The maximum absolute atomic E-state index is 13.7. The van der Waals surface area contributed by atoms with E-state index in [0.717, 1.165) is 25.0 Å². The summed E-state index contributed by atoms with van der Waals surface area (Å²) in [5.41, 5.74) is 1.20. The predicted molar refractivity (Wildman–Crippen MR) is 85.4 cm³/mol. The number of halogens is 1. The number of hydrogen-bond acceptors (Lipinski definition) is 4. The van der Waals surface area contributed by atoms with Crippen molar-refractivity contribution in [2.45, 2.75) is 19.8 Å². The summed E-state index contributed by atoms with van der Waals surface area (Å²) in [6.07, 6.45) is 6.74. The van der Waals surface area contributed by atoms with Crippen LogP contribution in [0.5, 0.6) is 0 Å². The quantitative estimate of drug-likeness (QED) is 0.311. The number of allylic oxidation sites excluding steroid dienone is 4. The van der Waals surface area contributed by atoms with E-state index in [4.69, 9.17) is 9.84 Å². The Bertz CT molecular complexity index is 401. The molecule has 120 valence electrons. The summed E-state index contributed by atoms with van der Waals surface area (Å²) < 4.78 is 18.7. The second-order valence-corrected chi connectivity index (χ2v) is 4.55. The number of unbranched alkanes of at least 4 members (excludes halogenated alkanes) is 1. The Balaban J connectivity index is 4.98. The third kappa shape index (κ3) is 9.05. The van der Waals surface area contributed by atoms with E-state index in [0.29, 0.717) is 17.9 Å². The number of hydrogen-bond donors (Lipinski definition) is 3. The summed E-state index contributed by atoms with van der Waals surface area (Å²) in [7, 11) is 3.37. The maximum Gasteiger partial charge on any atom is 0.123 e. The molecule has 0 fully saturated rings. The minimum absolute atomic E-state index is 0.183. The van der Waals surface area contributed by atoms with Crippen molar-refractivity contribution in [3.05, 3.63) is 47.7 Å². The van der Waals surface area contributed by atoms with Crippen molar-refractivity contribution in [2.75, 3.05) is 33.9 Å². The highest BCUT2D eigenvalue weighted by Crippen LogP contribution is 2.19. The van der Waals surface area contributed by atoms with E-state index in [9.17, 15) is 4.39 Å². The molecule has 0 saturated heterocycles. The first-order chi connectivity index (χ1) is 10.1. The molecule has 0 radical (unpaired) electrons. The molecule has 4 nitrogen and oxygen atoms in total. The molecule has 0 bridgehead atoms. The van der Waals surface area contributed by atoms with Gasteiger partial charge in [-0.05, 0) is 44.5 Å². The average molecular weight is 298 g/mol. The van der Waals surface area contributed by atoms with Gasteiger partial charge < -0.3 is 20.5 Å². The second-order valence-electron chi connectivity index (χ2n) is 4.55. The van der Waals surface area contributed by atoms with Crippen LogP contribution < -0.4 is 10.6 Å². The van der Waals surface area contributed by atoms with Gasteiger partial charge in [-0.1, -0.05) is 6.58 Å². The van der Waals surface area contributed by atoms with Gasteiger partial charge in [-0.15, -0.1) is 0 Å². The first-order valence-corrected chi connectivity index (χ1v) is 7.02. The molecule has 0 aromatic carbocycles. The topological polar surface area (TPSA) is 53.5 Å². The number of ether oxygens (including phenoxy) is 1. The minimum atomic E-state index is -0.492. The van der Waals surface area contributed by atoms with Crippen LogP contribution in [0.2, 0.25) is 0 Å². The molecule has 3 N–H and O–H groups in total. The molecule has 0 spiro atoms. The van der Waals surface area contributed by atoms with Crippen molar-refractivity contribution in [2.24, 2.45) is 0 Å². The molecule has 0 heterocycles. The van der Waals surface area contributed by atoms with E-state index in [-0.39, 0.29) is 6.61 Å². The molecular formula is C16H27FN2O2. The molecule has 0 aromatic rings. The monoisotopic (exact) mass is 298 g/mol. The fraction of sp³-hybridized carbons (Fsp3) is 0.500. The largest absolute Gasteiger partial charge is 0.501 e. The van der Waals surface area contributed by atoms with Crippen LogP contribution in [0.4, 0.5) is 4.39 Å². The van der Waals surface area contributed by atoms with Crippen LogP contribution in [-0.4, -0.2) is 39.0 Å². The Hall–Kier alpha value is -1.59. The third-order valence-electron chi connectivity index (χ3n) is 2.82. The van der Waals surface area contributed by atoms with Gasteiger partial charge in [0.2, 0.25) is 0 Å². The molecular weight excluding hydrogens is 271 g/mol. The van der Waals surface area contributed by atoms with E-state index in [1.165, 1.54) is 0 Å². The van der Waals surface area contributed by atoms with Crippen LogP contribution in [0, 0.1) is 0 Å². The number of aliphatic hydroxyl groups excluding tert-OH is 1. The summed E-state index contributed by atoms with van der Waals surface area (Å²) in [5, 5.41) is 14.9. The van der Waals surface area contributed by atoms with Gasteiger partial charge >= 0.3 is 0 Å². The molecule has 0 atom stereocenters. The van der Waals surface area contributed by atoms with Crippen LogP contribution in [0.1, 0.15) is 19.8 Å². The van der Waals surface area contributed by atoms with Crippen LogP contribution in [0.15, 0.2) is 47.7 Å². The van der Waals surface area contributed by atoms with Gasteiger partial charge in [0.1, 0.15) is 5.83 Å². The smallest absolute Gasteiger partial charge is 0.123 e. The van der Waals surface area contributed by atoms with Gasteiger partial charge in [0.05, 0.1) is 12.9 Å². The molecule has 0 saturated carbocycles. The van der Waals surface area contributed by atoms with Gasteiger partial charge in [0, 0.05) is 31.5 Å². The van der Waals surface area contributed by atoms with Crippen molar-refractivity contribution >= 4 is 0 Å². The molecule has 0 unspecified atom stereocenters. The summed E-state index contributed by atoms with van der Waals surface area (Å²) in [4.78, 5) is 0. The Morgan fingerprint density at radius 2 is 2.05 bits per heavy atom. The number of likely N-dealkylation sites (N-methyl/N-ethyl adjacent to an activating group) is 1. The Morgan fingerprint density at radius 3 is 2.57 bits per heavy atom. The van der Waals surface area contributed by atoms with Crippen molar-refractivity contribution in [1.82, 2.24) is 10.6 Å². The average Bonchev–Trinajstić information content (AvgIpc) is 2.46. The molecule has 0 aliphatic rings. The zero-order valence-electron chi connectivity index (χ0n) is 13.2. The number of methoxy groups -OCH3 is 1. The molecule has 0 aliphatic carbocycles. The van der Waals surface area contributed by atoms with Crippen LogP contribution >= 0.6 is 0 Å². The van der Waals surface area contributed by atoms with Gasteiger partial charge in [-0.25, -0.2) is 4.39 Å². The molecule has 0 aromatic heterocycles. The van der Waals surface area contributed by atoms with Crippen molar-refractivity contribution in [3.8, 4) is 0 Å². The Kier molecular flexibility index (Phi) is 11.3. The highest BCUT2D eigenvalue weighted by Gasteiger charge is 2.08. The molecule has 0 rings (SSSR count). The van der Waals surface area contributed by atoms with E-state index >= 15 is 0 Å². The Morgan fingerprint density at radius 1 is 1.33 bits per heavy atom. The van der Waals surface area contributed by atoms with Gasteiger partial charge in [0.15, 0.2) is 0 Å². The number of rotatable bonds is 11. The standard InChI is InChI=1S/C16H27FN2O2/c1-13(21-4)7-8-16(14(2)17)15(11-18-3)12-19-9-5-6-10-20/h7-8,12,18-20H,2,5-6,9-11H2,1,3-4H3/b13-7+,15-12+,16-8+. The minimum Gasteiger partial charge on any atom is -0.501 e. The molecule has 21 heavy (non-hydrogen) atoms. The lowest BCUT2D eigenvalue weighted by molar-refractivity contribution is 0.284. The van der Waals surface area contributed by atoms with Crippen molar-refractivity contribution < 1.29 is 14.2 Å². The number of nitrogens with one attached hydrogen (secondary N) is 2. The van der Waals surface area contributed by atoms with Crippen LogP contribution in [0.25, 0.3) is 0 Å². The lowest BCUT2D eigenvalue weighted by Crippen LogP contribution is -2.16. The molecule has 0 aliphatic heterocycles. The molecule has 5 heteroatoms. The third-order valence-corrected chi connectivity index (χ3v) is 2.82. The van der Waals surface area contributed by atoms with Gasteiger partial charge in [0.25, 0.3) is 0 Å². The van der Waals surface area contributed by atoms with Gasteiger partial charge in [-0.3, -0.25) is 0 Å². The fourth-order valence-electron chi connectivity index (χ4n) is 1.59. The van der Waals surface area contributed by atoms with Gasteiger partial charge in [-0.2, -0.15) is 0 Å². The van der Waals surface area contributed by atoms with Crippen molar-refractivity contribution in [1.29, 1.82) is 0 Å². The van der Waals surface area contributed by atoms with E-state index < -0.39 is 5.83 Å². The Labute approximate surface area is 127 Å². The molecule has 0 amide bonds. The highest BCUT2D eigenvalue weighted by molar-refractivity contribution is 5.45. The van der Waals surface area contributed by atoms with E-state index in [2.05, 4.69) is 17.2 Å². The zero-order valence-corrected chi connectivity index (χ0v) is 13.2. The van der Waals surface area contributed by atoms with Crippen LogP contribution in [-0.2, 0) is 4.74 Å². The summed E-state index contributed by atoms with van der Waals surface area (Å²) >= 11 is 0. The first-order valence-electron chi connectivity index (χ1n) is 7.02. The SMILES string of the molecule is C=C(F)C(=C\C=C(/C)OC)/C(=C/NCCCCO)CNC. The number of aliphatic hydroxyl groups is 1. The van der Waals surface area contributed by atoms with Crippen LogP contribution in [0.3, 0.4) is 0 Å². The van der Waals surface area contributed by atoms with E-state index in [1.54, 1.807) is 39.4 Å². The van der Waals surface area contributed by atoms with Crippen molar-refractivity contribution in [3.63, 3.8) is 0 Å². The fourth-order valence-corrected chi connectivity index (χ4v) is 1.59. The maximum atomic E-state index is 13.7. The lowest BCUT2D eigenvalue weighted by atomic mass is 10.1. The predicted octanol–water partition coefficient (Wildman–Crippen LogP) is 2.41.